The molecular weight excluding hydrogens is 312 g/mol. The molecule has 0 unspecified atom stereocenters. The maximum Gasteiger partial charge on any atom is 0.251 e. The van der Waals surface area contributed by atoms with Crippen LogP contribution in [0.1, 0.15) is 42.6 Å². The van der Waals surface area contributed by atoms with Crippen LogP contribution in [0.2, 0.25) is 0 Å². The van der Waals surface area contributed by atoms with E-state index in [2.05, 4.69) is 17.4 Å². The second kappa shape index (κ2) is 7.09. The predicted molar refractivity (Wildman–Crippen MR) is 99.7 cm³/mol. The zero-order chi connectivity index (χ0) is 17.9. The van der Waals surface area contributed by atoms with Gasteiger partial charge < -0.3 is 10.2 Å². The van der Waals surface area contributed by atoms with Crippen molar-refractivity contribution in [2.24, 2.45) is 0 Å². The molecule has 1 aliphatic rings. The summed E-state index contributed by atoms with van der Waals surface area (Å²) < 4.78 is 0. The Hall–Kier alpha value is -2.62. The van der Waals surface area contributed by atoms with Crippen molar-refractivity contribution in [1.82, 2.24) is 5.32 Å². The van der Waals surface area contributed by atoms with Crippen LogP contribution in [0.25, 0.3) is 0 Å². The molecule has 130 valence electrons. The van der Waals surface area contributed by atoms with E-state index in [9.17, 15) is 9.59 Å². The fourth-order valence-corrected chi connectivity index (χ4v) is 3.27. The van der Waals surface area contributed by atoms with E-state index in [1.807, 2.05) is 44.2 Å². The fraction of sp³-hybridized carbons (Fsp3) is 0.333. The molecule has 1 aliphatic heterocycles. The monoisotopic (exact) mass is 336 g/mol. The van der Waals surface area contributed by atoms with Gasteiger partial charge in [0.15, 0.2) is 0 Å². The molecule has 1 N–H and O–H groups in total. The quantitative estimate of drug-likeness (QED) is 0.907. The lowest BCUT2D eigenvalue weighted by atomic mass is 9.94. The average Bonchev–Trinajstić information content (AvgIpc) is 3.01. The predicted octanol–water partition coefficient (Wildman–Crippen LogP) is 3.56. The second-order valence-electron chi connectivity index (χ2n) is 7.20. The van der Waals surface area contributed by atoms with Crippen molar-refractivity contribution in [2.45, 2.75) is 38.6 Å². The van der Waals surface area contributed by atoms with Crippen LogP contribution in [0.5, 0.6) is 0 Å². The summed E-state index contributed by atoms with van der Waals surface area (Å²) in [6, 6.07) is 17.4. The molecule has 1 fully saturated rings. The van der Waals surface area contributed by atoms with E-state index < -0.39 is 0 Å². The molecule has 25 heavy (non-hydrogen) atoms. The van der Waals surface area contributed by atoms with Gasteiger partial charge in [-0.25, -0.2) is 0 Å². The zero-order valence-corrected chi connectivity index (χ0v) is 14.8. The number of anilines is 1. The van der Waals surface area contributed by atoms with Crippen LogP contribution in [0.15, 0.2) is 54.6 Å². The van der Waals surface area contributed by atoms with Gasteiger partial charge in [0.2, 0.25) is 5.91 Å². The van der Waals surface area contributed by atoms with Crippen LogP contribution < -0.4 is 10.2 Å². The maximum atomic E-state index is 12.7. The first-order chi connectivity index (χ1) is 11.9. The third-order valence-electron chi connectivity index (χ3n) is 4.43. The molecule has 3 rings (SSSR count). The average molecular weight is 336 g/mol. The maximum absolute atomic E-state index is 12.7. The van der Waals surface area contributed by atoms with E-state index in [1.54, 1.807) is 17.0 Å². The van der Waals surface area contributed by atoms with Crippen molar-refractivity contribution in [3.05, 3.63) is 65.7 Å². The SMILES string of the molecule is CC(C)(Cc1ccccc1)NC(=O)c1cccc(N2CCCC2=O)c1. The smallest absolute Gasteiger partial charge is 0.251 e. The Kier molecular flexibility index (Phi) is 4.88. The Labute approximate surface area is 148 Å². The summed E-state index contributed by atoms with van der Waals surface area (Å²) in [4.78, 5) is 26.4. The zero-order valence-electron chi connectivity index (χ0n) is 14.8. The highest BCUT2D eigenvalue weighted by molar-refractivity contribution is 5.99. The number of carbonyl (C=O) groups excluding carboxylic acids is 2. The summed E-state index contributed by atoms with van der Waals surface area (Å²) in [6.07, 6.45) is 2.21. The van der Waals surface area contributed by atoms with E-state index in [1.165, 1.54) is 5.56 Å². The van der Waals surface area contributed by atoms with E-state index in [0.717, 1.165) is 25.1 Å². The standard InChI is InChI=1S/C21H24N2O2/c1-21(2,15-16-8-4-3-5-9-16)22-20(25)17-10-6-11-18(14-17)23-13-7-12-19(23)24/h3-6,8-11,14H,7,12-13,15H2,1-2H3,(H,22,25). The van der Waals surface area contributed by atoms with E-state index in [4.69, 9.17) is 0 Å². The lowest BCUT2D eigenvalue weighted by molar-refractivity contribution is -0.117. The number of nitrogens with one attached hydrogen (secondary N) is 1. The van der Waals surface area contributed by atoms with E-state index in [0.29, 0.717) is 12.0 Å². The Bertz CT molecular complexity index is 768. The van der Waals surface area contributed by atoms with Gasteiger partial charge in [-0.05, 0) is 50.5 Å². The van der Waals surface area contributed by atoms with Crippen molar-refractivity contribution in [1.29, 1.82) is 0 Å². The van der Waals surface area contributed by atoms with Gasteiger partial charge in [-0.3, -0.25) is 9.59 Å². The number of hydrogen-bond acceptors (Lipinski definition) is 2. The number of amides is 2. The normalized spacial score (nSPS) is 14.6. The van der Waals surface area contributed by atoms with Gasteiger partial charge in [-0.15, -0.1) is 0 Å². The molecule has 2 aromatic rings. The van der Waals surface area contributed by atoms with Gasteiger partial charge in [-0.2, -0.15) is 0 Å². The van der Waals surface area contributed by atoms with Gasteiger partial charge in [0.25, 0.3) is 5.91 Å². The van der Waals surface area contributed by atoms with Crippen LogP contribution in [0.3, 0.4) is 0 Å². The Balaban J connectivity index is 1.71. The Morgan fingerprint density at radius 3 is 2.56 bits per heavy atom. The first kappa shape index (κ1) is 17.2. The molecule has 1 saturated heterocycles. The van der Waals surface area contributed by atoms with Crippen molar-refractivity contribution in [3.63, 3.8) is 0 Å². The molecule has 0 saturated carbocycles. The minimum absolute atomic E-state index is 0.116. The highest BCUT2D eigenvalue weighted by Crippen LogP contribution is 2.22. The topological polar surface area (TPSA) is 49.4 Å². The third kappa shape index (κ3) is 4.27. The van der Waals surface area contributed by atoms with E-state index in [-0.39, 0.29) is 17.4 Å². The van der Waals surface area contributed by atoms with Crippen molar-refractivity contribution in [3.8, 4) is 0 Å². The molecule has 0 spiro atoms. The second-order valence-corrected chi connectivity index (χ2v) is 7.20. The minimum Gasteiger partial charge on any atom is -0.347 e. The number of nitrogens with zero attached hydrogens (tertiary/aromatic N) is 1. The largest absolute Gasteiger partial charge is 0.347 e. The van der Waals surface area contributed by atoms with Gasteiger partial charge >= 0.3 is 0 Å². The molecule has 0 bridgehead atoms. The molecule has 0 aromatic heterocycles. The highest BCUT2D eigenvalue weighted by atomic mass is 16.2. The molecule has 0 radical (unpaired) electrons. The number of hydrogen-bond donors (Lipinski definition) is 1. The van der Waals surface area contributed by atoms with Crippen LogP contribution in [0.4, 0.5) is 5.69 Å². The third-order valence-corrected chi connectivity index (χ3v) is 4.43. The molecule has 0 atom stereocenters. The Morgan fingerprint density at radius 2 is 1.88 bits per heavy atom. The lowest BCUT2D eigenvalue weighted by Gasteiger charge is -2.27. The van der Waals surface area contributed by atoms with E-state index >= 15 is 0 Å². The lowest BCUT2D eigenvalue weighted by Crippen LogP contribution is -2.45. The fourth-order valence-electron chi connectivity index (χ4n) is 3.27. The van der Waals surface area contributed by atoms with Gasteiger partial charge in [-0.1, -0.05) is 36.4 Å². The summed E-state index contributed by atoms with van der Waals surface area (Å²) in [5, 5.41) is 3.11. The molecule has 0 aliphatic carbocycles. The van der Waals surface area contributed by atoms with Crippen LogP contribution in [0, 0.1) is 0 Å². The summed E-state index contributed by atoms with van der Waals surface area (Å²) in [5.74, 6) is 0.0105. The molecule has 4 nitrogen and oxygen atoms in total. The highest BCUT2D eigenvalue weighted by Gasteiger charge is 2.24. The van der Waals surface area contributed by atoms with Crippen molar-refractivity contribution in [2.75, 3.05) is 11.4 Å². The molecular formula is C21H24N2O2. The summed E-state index contributed by atoms with van der Waals surface area (Å²) in [6.45, 7) is 4.76. The molecule has 2 aromatic carbocycles. The molecule has 1 heterocycles. The number of carbonyl (C=O) groups is 2. The number of benzene rings is 2. The van der Waals surface area contributed by atoms with Gasteiger partial charge in [0.1, 0.15) is 0 Å². The van der Waals surface area contributed by atoms with Crippen molar-refractivity contribution < 1.29 is 9.59 Å². The molecule has 4 heteroatoms. The van der Waals surface area contributed by atoms with Gasteiger partial charge in [0, 0.05) is 29.8 Å². The first-order valence-corrected chi connectivity index (χ1v) is 8.71. The molecule has 2 amide bonds. The minimum atomic E-state index is -0.363. The first-order valence-electron chi connectivity index (χ1n) is 8.71. The number of rotatable bonds is 5. The van der Waals surface area contributed by atoms with Crippen LogP contribution in [-0.2, 0) is 11.2 Å². The van der Waals surface area contributed by atoms with Crippen LogP contribution in [-0.4, -0.2) is 23.9 Å². The summed E-state index contributed by atoms with van der Waals surface area (Å²) in [5.41, 5.74) is 2.20. The Morgan fingerprint density at radius 1 is 1.12 bits per heavy atom. The summed E-state index contributed by atoms with van der Waals surface area (Å²) >= 11 is 0. The van der Waals surface area contributed by atoms with Crippen molar-refractivity contribution >= 4 is 17.5 Å². The van der Waals surface area contributed by atoms with Crippen LogP contribution >= 0.6 is 0 Å². The van der Waals surface area contributed by atoms with Gasteiger partial charge in [0.05, 0.1) is 0 Å². The summed E-state index contributed by atoms with van der Waals surface area (Å²) in [7, 11) is 0.